The van der Waals surface area contributed by atoms with Crippen molar-refractivity contribution in [3.63, 3.8) is 0 Å². The Labute approximate surface area is 188 Å². The van der Waals surface area contributed by atoms with Crippen LogP contribution in [0.2, 0.25) is 0 Å². The Balaban J connectivity index is 1.61. The molecule has 5 aromatic carbocycles. The summed E-state index contributed by atoms with van der Waals surface area (Å²) in [5.41, 5.74) is 5.08. The quantitative estimate of drug-likeness (QED) is 0.260. The van der Waals surface area contributed by atoms with Gasteiger partial charge in [-0.3, -0.25) is 0 Å². The number of para-hydroxylation sites is 1. The minimum Gasteiger partial charge on any atom is -0.456 e. The van der Waals surface area contributed by atoms with Gasteiger partial charge in [0, 0.05) is 38.1 Å². The standard InChI is InChI=1S/C28H18BrNO/c29-20-13-15-24-25-16-14-22(18-28(25)31-27(24)17-20)30(21-9-2-1-3-10-21)26-12-6-8-19-7-4-5-11-23(19)26/h1-18H. The number of anilines is 3. The molecule has 0 bridgehead atoms. The maximum absolute atomic E-state index is 6.23. The van der Waals surface area contributed by atoms with E-state index in [-0.39, 0.29) is 0 Å². The average molecular weight is 464 g/mol. The second-order valence-corrected chi connectivity index (χ2v) is 8.51. The summed E-state index contributed by atoms with van der Waals surface area (Å²) in [4.78, 5) is 2.30. The first-order chi connectivity index (χ1) is 15.3. The van der Waals surface area contributed by atoms with Crippen molar-refractivity contribution in [3.05, 3.63) is 114 Å². The van der Waals surface area contributed by atoms with Crippen LogP contribution in [0.4, 0.5) is 17.1 Å². The summed E-state index contributed by atoms with van der Waals surface area (Å²) in [7, 11) is 0. The van der Waals surface area contributed by atoms with E-state index in [0.29, 0.717) is 0 Å². The second kappa shape index (κ2) is 7.29. The van der Waals surface area contributed by atoms with Gasteiger partial charge in [0.1, 0.15) is 11.2 Å². The Morgan fingerprint density at radius 3 is 2.13 bits per heavy atom. The summed E-state index contributed by atoms with van der Waals surface area (Å²) in [6, 6.07) is 38.1. The number of benzene rings is 5. The molecule has 0 radical (unpaired) electrons. The van der Waals surface area contributed by atoms with Gasteiger partial charge in [-0.25, -0.2) is 0 Å². The number of fused-ring (bicyclic) bond motifs is 4. The molecule has 0 unspecified atom stereocenters. The Bertz CT molecular complexity index is 1550. The highest BCUT2D eigenvalue weighted by atomic mass is 79.9. The lowest BCUT2D eigenvalue weighted by atomic mass is 10.1. The van der Waals surface area contributed by atoms with Gasteiger partial charge in [-0.1, -0.05) is 70.5 Å². The Morgan fingerprint density at radius 2 is 1.26 bits per heavy atom. The van der Waals surface area contributed by atoms with E-state index in [2.05, 4.69) is 118 Å². The van der Waals surface area contributed by atoms with Crippen LogP contribution in [0, 0.1) is 0 Å². The van der Waals surface area contributed by atoms with E-state index in [1.165, 1.54) is 10.8 Å². The van der Waals surface area contributed by atoms with Crippen molar-refractivity contribution in [2.24, 2.45) is 0 Å². The molecule has 0 spiro atoms. The van der Waals surface area contributed by atoms with E-state index >= 15 is 0 Å². The lowest BCUT2D eigenvalue weighted by Gasteiger charge is -2.26. The highest BCUT2D eigenvalue weighted by Gasteiger charge is 2.17. The van der Waals surface area contributed by atoms with E-state index in [1.807, 2.05) is 12.1 Å². The Morgan fingerprint density at radius 1 is 0.548 bits per heavy atom. The van der Waals surface area contributed by atoms with Crippen LogP contribution >= 0.6 is 15.9 Å². The maximum atomic E-state index is 6.23. The third kappa shape index (κ3) is 3.09. The third-order valence-corrected chi connectivity index (χ3v) is 6.19. The largest absolute Gasteiger partial charge is 0.456 e. The van der Waals surface area contributed by atoms with Crippen molar-refractivity contribution in [1.29, 1.82) is 0 Å². The molecule has 0 aliphatic heterocycles. The molecular formula is C28H18BrNO. The summed E-state index contributed by atoms with van der Waals surface area (Å²) in [6.07, 6.45) is 0. The van der Waals surface area contributed by atoms with Crippen LogP contribution in [0.5, 0.6) is 0 Å². The van der Waals surface area contributed by atoms with Crippen LogP contribution in [0.15, 0.2) is 118 Å². The predicted octanol–water partition coefficient (Wildman–Crippen LogP) is 8.97. The maximum Gasteiger partial charge on any atom is 0.137 e. The molecule has 0 saturated carbocycles. The first-order valence-electron chi connectivity index (χ1n) is 10.2. The van der Waals surface area contributed by atoms with Crippen molar-refractivity contribution in [3.8, 4) is 0 Å². The molecule has 0 saturated heterocycles. The van der Waals surface area contributed by atoms with Gasteiger partial charge in [0.15, 0.2) is 0 Å². The fraction of sp³-hybridized carbons (Fsp3) is 0. The van der Waals surface area contributed by atoms with Crippen LogP contribution in [0.1, 0.15) is 0 Å². The zero-order chi connectivity index (χ0) is 20.8. The van der Waals surface area contributed by atoms with Crippen LogP contribution in [-0.4, -0.2) is 0 Å². The van der Waals surface area contributed by atoms with E-state index in [0.717, 1.165) is 43.5 Å². The lowest BCUT2D eigenvalue weighted by Crippen LogP contribution is -2.10. The summed E-state index contributed by atoms with van der Waals surface area (Å²) < 4.78 is 7.24. The Kier molecular flexibility index (Phi) is 4.29. The van der Waals surface area contributed by atoms with E-state index in [9.17, 15) is 0 Å². The van der Waals surface area contributed by atoms with Gasteiger partial charge >= 0.3 is 0 Å². The molecule has 2 nitrogen and oxygen atoms in total. The minimum atomic E-state index is 0.881. The molecule has 1 heterocycles. The molecule has 1 aromatic heterocycles. The molecule has 0 atom stereocenters. The zero-order valence-electron chi connectivity index (χ0n) is 16.6. The first-order valence-corrected chi connectivity index (χ1v) is 11.0. The molecule has 31 heavy (non-hydrogen) atoms. The van der Waals surface area contributed by atoms with Crippen molar-refractivity contribution in [1.82, 2.24) is 0 Å². The third-order valence-electron chi connectivity index (χ3n) is 5.70. The number of rotatable bonds is 3. The molecule has 0 aliphatic carbocycles. The fourth-order valence-corrected chi connectivity index (χ4v) is 4.63. The van der Waals surface area contributed by atoms with Gasteiger partial charge in [-0.15, -0.1) is 0 Å². The van der Waals surface area contributed by atoms with Crippen LogP contribution in [-0.2, 0) is 0 Å². The molecule has 6 aromatic rings. The van der Waals surface area contributed by atoms with Crippen molar-refractivity contribution in [2.75, 3.05) is 4.90 Å². The van der Waals surface area contributed by atoms with Crippen molar-refractivity contribution < 1.29 is 4.42 Å². The molecule has 0 aliphatic rings. The lowest BCUT2D eigenvalue weighted by molar-refractivity contribution is 0.668. The molecule has 0 N–H and O–H groups in total. The van der Waals surface area contributed by atoms with Crippen molar-refractivity contribution in [2.45, 2.75) is 0 Å². The monoisotopic (exact) mass is 463 g/mol. The highest BCUT2D eigenvalue weighted by molar-refractivity contribution is 9.10. The SMILES string of the molecule is Brc1ccc2c(c1)oc1cc(N(c3ccccc3)c3cccc4ccccc34)ccc12. The summed E-state index contributed by atoms with van der Waals surface area (Å²) in [6.45, 7) is 0. The van der Waals surface area contributed by atoms with Gasteiger partial charge in [0.2, 0.25) is 0 Å². The Hall–Kier alpha value is -3.56. The molecule has 3 heteroatoms. The fourth-order valence-electron chi connectivity index (χ4n) is 4.29. The van der Waals surface area contributed by atoms with Gasteiger partial charge in [-0.05, 0) is 53.9 Å². The molecule has 0 fully saturated rings. The van der Waals surface area contributed by atoms with Crippen molar-refractivity contribution >= 4 is 65.7 Å². The highest BCUT2D eigenvalue weighted by Crippen LogP contribution is 2.41. The molecule has 148 valence electrons. The van der Waals surface area contributed by atoms with E-state index < -0.39 is 0 Å². The van der Waals surface area contributed by atoms with E-state index in [4.69, 9.17) is 4.42 Å². The normalized spacial score (nSPS) is 11.4. The van der Waals surface area contributed by atoms with Gasteiger partial charge in [0.05, 0.1) is 5.69 Å². The number of halogens is 1. The molecular weight excluding hydrogens is 446 g/mol. The second-order valence-electron chi connectivity index (χ2n) is 7.59. The molecule has 6 rings (SSSR count). The van der Waals surface area contributed by atoms with Crippen LogP contribution in [0.3, 0.4) is 0 Å². The summed E-state index contributed by atoms with van der Waals surface area (Å²) in [5, 5.41) is 4.68. The predicted molar refractivity (Wildman–Crippen MR) is 134 cm³/mol. The average Bonchev–Trinajstić information content (AvgIpc) is 3.17. The summed E-state index contributed by atoms with van der Waals surface area (Å²) >= 11 is 3.54. The number of furan rings is 1. The van der Waals surface area contributed by atoms with E-state index in [1.54, 1.807) is 0 Å². The zero-order valence-corrected chi connectivity index (χ0v) is 18.2. The first kappa shape index (κ1) is 18.2. The summed E-state index contributed by atoms with van der Waals surface area (Å²) in [5.74, 6) is 0. The number of hydrogen-bond donors (Lipinski definition) is 0. The molecule has 0 amide bonds. The smallest absolute Gasteiger partial charge is 0.137 e. The topological polar surface area (TPSA) is 16.4 Å². The van der Waals surface area contributed by atoms with Gasteiger partial charge in [-0.2, -0.15) is 0 Å². The van der Waals surface area contributed by atoms with Gasteiger partial charge < -0.3 is 9.32 Å². The number of nitrogens with zero attached hydrogens (tertiary/aromatic N) is 1. The van der Waals surface area contributed by atoms with Crippen LogP contribution in [0.25, 0.3) is 32.7 Å². The van der Waals surface area contributed by atoms with Gasteiger partial charge in [0.25, 0.3) is 0 Å². The minimum absolute atomic E-state index is 0.881. The number of hydrogen-bond acceptors (Lipinski definition) is 2. The van der Waals surface area contributed by atoms with Crippen LogP contribution < -0.4 is 4.90 Å².